The van der Waals surface area contributed by atoms with Crippen LogP contribution in [0.15, 0.2) is 42.5 Å². The molecule has 2 rings (SSSR count). The average molecular weight is 389 g/mol. The number of rotatable bonds is 6. The highest BCUT2D eigenvalue weighted by molar-refractivity contribution is 7.80. The molecule has 1 amide bonds. The summed E-state index contributed by atoms with van der Waals surface area (Å²) in [6.45, 7) is 4.44. The number of para-hydroxylation sites is 1. The molecule has 0 radical (unpaired) electrons. The van der Waals surface area contributed by atoms with Gasteiger partial charge in [-0.25, -0.2) is 0 Å². The first-order valence-electron chi connectivity index (χ1n) is 8.09. The molecule has 0 aliphatic heterocycles. The number of nitro groups is 1. The average Bonchev–Trinajstić information content (AvgIpc) is 2.61. The van der Waals surface area contributed by atoms with E-state index in [1.165, 1.54) is 6.07 Å². The third kappa shape index (κ3) is 5.65. The summed E-state index contributed by atoms with van der Waals surface area (Å²) >= 11 is 5.07. The fourth-order valence-corrected chi connectivity index (χ4v) is 2.30. The second-order valence-corrected chi connectivity index (χ2v) is 6.48. The Hall–Kier alpha value is -3.20. The Morgan fingerprint density at radius 1 is 1.30 bits per heavy atom. The second-order valence-electron chi connectivity index (χ2n) is 6.07. The van der Waals surface area contributed by atoms with Crippen LogP contribution in [0.3, 0.4) is 0 Å². The summed E-state index contributed by atoms with van der Waals surface area (Å²) in [4.78, 5) is 22.7. The van der Waals surface area contributed by atoms with E-state index in [2.05, 4.69) is 10.6 Å². The molecule has 3 N–H and O–H groups in total. The largest absolute Gasteiger partial charge is 0.506 e. The van der Waals surface area contributed by atoms with Crippen molar-refractivity contribution < 1.29 is 19.6 Å². The van der Waals surface area contributed by atoms with Gasteiger partial charge in [-0.1, -0.05) is 26.0 Å². The molecule has 0 bridgehead atoms. The molecule has 2 aromatic rings. The van der Waals surface area contributed by atoms with Crippen LogP contribution in [0.25, 0.3) is 0 Å². The van der Waals surface area contributed by atoms with Gasteiger partial charge in [0, 0.05) is 12.1 Å². The lowest BCUT2D eigenvalue weighted by atomic mass is 10.2. The summed E-state index contributed by atoms with van der Waals surface area (Å²) in [5, 5.41) is 25.6. The van der Waals surface area contributed by atoms with Crippen molar-refractivity contribution in [3.05, 3.63) is 58.1 Å². The van der Waals surface area contributed by atoms with Crippen molar-refractivity contribution in [2.24, 2.45) is 5.92 Å². The van der Waals surface area contributed by atoms with Gasteiger partial charge < -0.3 is 15.2 Å². The van der Waals surface area contributed by atoms with E-state index in [0.29, 0.717) is 23.8 Å². The number of phenols is 1. The molecular weight excluding hydrogens is 370 g/mol. The predicted octanol–water partition coefficient (Wildman–Crippen LogP) is 3.46. The number of thiocarbonyl (C=S) groups is 1. The molecular formula is C18H19N3O5S. The molecule has 0 aliphatic carbocycles. The number of hydrogen-bond donors (Lipinski definition) is 3. The summed E-state index contributed by atoms with van der Waals surface area (Å²) in [7, 11) is 0. The maximum atomic E-state index is 12.5. The minimum atomic E-state index is -0.603. The molecule has 0 atom stereocenters. The highest BCUT2D eigenvalue weighted by Crippen LogP contribution is 2.27. The molecule has 0 heterocycles. The highest BCUT2D eigenvalue weighted by Gasteiger charge is 2.16. The molecule has 142 valence electrons. The van der Waals surface area contributed by atoms with Gasteiger partial charge in [-0.2, -0.15) is 0 Å². The maximum absolute atomic E-state index is 12.5. The summed E-state index contributed by atoms with van der Waals surface area (Å²) in [5.74, 6) is -0.0277. The molecule has 0 saturated heterocycles. The number of amides is 1. The van der Waals surface area contributed by atoms with Crippen molar-refractivity contribution in [2.75, 3.05) is 11.9 Å². The van der Waals surface area contributed by atoms with Crippen LogP contribution in [-0.4, -0.2) is 27.7 Å². The zero-order chi connectivity index (χ0) is 20.0. The van der Waals surface area contributed by atoms with Crippen molar-refractivity contribution in [3.8, 4) is 11.5 Å². The van der Waals surface area contributed by atoms with Crippen LogP contribution in [0.4, 0.5) is 11.4 Å². The Morgan fingerprint density at radius 3 is 2.67 bits per heavy atom. The van der Waals surface area contributed by atoms with E-state index in [9.17, 15) is 20.0 Å². The number of nitrogens with one attached hydrogen (secondary N) is 2. The second kappa shape index (κ2) is 8.95. The molecule has 0 saturated carbocycles. The number of carbonyl (C=O) groups is 1. The number of nitrogens with zero attached hydrogens (tertiary/aromatic N) is 1. The lowest BCUT2D eigenvalue weighted by Gasteiger charge is -2.14. The number of benzene rings is 2. The Balaban J connectivity index is 2.10. The van der Waals surface area contributed by atoms with Gasteiger partial charge in [0.1, 0.15) is 11.5 Å². The first-order chi connectivity index (χ1) is 12.8. The molecule has 8 nitrogen and oxygen atoms in total. The quantitative estimate of drug-likeness (QED) is 0.300. The van der Waals surface area contributed by atoms with Gasteiger partial charge in [-0.15, -0.1) is 0 Å². The number of nitro benzene ring substituents is 1. The standard InChI is InChI=1S/C18H19N3O5S/c1-11(2)10-26-16-6-4-3-5-13(16)17(23)20-18(27)19-14-9-12(21(24)25)7-8-15(14)22/h3-9,11,22H,10H2,1-2H3,(H2,19,20,23,27). The maximum Gasteiger partial charge on any atom is 0.271 e. The van der Waals surface area contributed by atoms with E-state index in [4.69, 9.17) is 17.0 Å². The lowest BCUT2D eigenvalue weighted by Crippen LogP contribution is -2.34. The smallest absolute Gasteiger partial charge is 0.271 e. The van der Waals surface area contributed by atoms with Crippen LogP contribution in [0, 0.1) is 16.0 Å². The summed E-state index contributed by atoms with van der Waals surface area (Å²) in [5.41, 5.74) is 0.0845. The number of aromatic hydroxyl groups is 1. The number of anilines is 1. The highest BCUT2D eigenvalue weighted by atomic mass is 32.1. The van der Waals surface area contributed by atoms with Gasteiger partial charge in [-0.05, 0) is 36.3 Å². The fraction of sp³-hybridized carbons (Fsp3) is 0.222. The summed E-state index contributed by atoms with van der Waals surface area (Å²) < 4.78 is 5.64. The predicted molar refractivity (Wildman–Crippen MR) is 105 cm³/mol. The SMILES string of the molecule is CC(C)COc1ccccc1C(=O)NC(=S)Nc1cc([N+](=O)[O-])ccc1O. The van der Waals surface area contributed by atoms with Crippen LogP contribution in [0.2, 0.25) is 0 Å². The van der Waals surface area contributed by atoms with E-state index in [-0.39, 0.29) is 22.2 Å². The monoisotopic (exact) mass is 389 g/mol. The normalized spacial score (nSPS) is 10.3. The Morgan fingerprint density at radius 2 is 2.00 bits per heavy atom. The molecule has 0 fully saturated rings. The summed E-state index contributed by atoms with van der Waals surface area (Å²) in [6, 6.07) is 10.2. The molecule has 2 aromatic carbocycles. The number of carbonyl (C=O) groups excluding carboxylic acids is 1. The van der Waals surface area contributed by atoms with Crippen molar-refractivity contribution in [2.45, 2.75) is 13.8 Å². The number of hydrogen-bond acceptors (Lipinski definition) is 6. The molecule has 9 heteroatoms. The van der Waals surface area contributed by atoms with Gasteiger partial charge in [0.25, 0.3) is 11.6 Å². The zero-order valence-corrected chi connectivity index (χ0v) is 15.6. The molecule has 0 spiro atoms. The number of ether oxygens (including phenoxy) is 1. The Kier molecular flexibility index (Phi) is 6.67. The molecule has 0 aliphatic rings. The van der Waals surface area contributed by atoms with Gasteiger partial charge in [0.2, 0.25) is 0 Å². The van der Waals surface area contributed by atoms with E-state index < -0.39 is 10.8 Å². The summed E-state index contributed by atoms with van der Waals surface area (Å²) in [6.07, 6.45) is 0. The van der Waals surface area contributed by atoms with E-state index >= 15 is 0 Å². The Bertz CT molecular complexity index is 870. The van der Waals surface area contributed by atoms with Crippen LogP contribution >= 0.6 is 12.2 Å². The lowest BCUT2D eigenvalue weighted by molar-refractivity contribution is -0.384. The van der Waals surface area contributed by atoms with Gasteiger partial charge in [0.05, 0.1) is 22.8 Å². The van der Waals surface area contributed by atoms with Crippen molar-refractivity contribution in [1.29, 1.82) is 0 Å². The van der Waals surface area contributed by atoms with Crippen molar-refractivity contribution in [1.82, 2.24) is 5.32 Å². The minimum absolute atomic E-state index is 0.0128. The van der Waals surface area contributed by atoms with Gasteiger partial charge in [-0.3, -0.25) is 20.2 Å². The third-order valence-corrected chi connectivity index (χ3v) is 3.57. The minimum Gasteiger partial charge on any atom is -0.506 e. The molecule has 27 heavy (non-hydrogen) atoms. The van der Waals surface area contributed by atoms with Gasteiger partial charge >= 0.3 is 0 Å². The first kappa shape index (κ1) is 20.1. The third-order valence-electron chi connectivity index (χ3n) is 3.37. The van der Waals surface area contributed by atoms with Crippen molar-refractivity contribution in [3.63, 3.8) is 0 Å². The molecule has 0 unspecified atom stereocenters. The topological polar surface area (TPSA) is 114 Å². The van der Waals surface area contributed by atoms with E-state index in [1.807, 2.05) is 13.8 Å². The Labute approximate surface area is 161 Å². The van der Waals surface area contributed by atoms with E-state index in [1.54, 1.807) is 24.3 Å². The van der Waals surface area contributed by atoms with Gasteiger partial charge in [0.15, 0.2) is 5.11 Å². The number of non-ortho nitro benzene ring substituents is 1. The number of phenolic OH excluding ortho intramolecular Hbond substituents is 1. The van der Waals surface area contributed by atoms with Crippen LogP contribution < -0.4 is 15.4 Å². The fourth-order valence-electron chi connectivity index (χ4n) is 2.10. The van der Waals surface area contributed by atoms with Crippen LogP contribution in [0.1, 0.15) is 24.2 Å². The zero-order valence-electron chi connectivity index (χ0n) is 14.8. The molecule has 0 aromatic heterocycles. The van der Waals surface area contributed by atoms with Crippen molar-refractivity contribution >= 4 is 34.6 Å². The van der Waals surface area contributed by atoms with E-state index in [0.717, 1.165) is 12.1 Å². The van der Waals surface area contributed by atoms with Crippen LogP contribution in [0.5, 0.6) is 11.5 Å². The van der Waals surface area contributed by atoms with Crippen LogP contribution in [-0.2, 0) is 0 Å². The first-order valence-corrected chi connectivity index (χ1v) is 8.50.